The van der Waals surface area contributed by atoms with Gasteiger partial charge in [-0.05, 0) is 32.1 Å². The van der Waals surface area contributed by atoms with E-state index in [1.807, 2.05) is 33.3 Å². The third-order valence-corrected chi connectivity index (χ3v) is 11.1. The number of carbonyl (C=O) groups excluding carboxylic acids is 1. The van der Waals surface area contributed by atoms with E-state index in [-0.39, 0.29) is 18.9 Å². The second kappa shape index (κ2) is 37.6. The molecule has 0 saturated carbocycles. The molecule has 0 aliphatic carbocycles. The maximum atomic E-state index is 12.8. The van der Waals surface area contributed by atoms with Crippen LogP contribution in [-0.2, 0) is 18.4 Å². The van der Waals surface area contributed by atoms with Crippen molar-refractivity contribution >= 4 is 13.7 Å². The second-order valence-corrected chi connectivity index (χ2v) is 18.2. The largest absolute Gasteiger partial charge is 0.756 e. The topological polar surface area (TPSA) is 108 Å². The molecule has 0 aromatic rings. The predicted octanol–water partition coefficient (Wildman–Crippen LogP) is 11.9. The van der Waals surface area contributed by atoms with Crippen molar-refractivity contribution in [1.29, 1.82) is 0 Å². The number of phosphoric acid groups is 1. The summed E-state index contributed by atoms with van der Waals surface area (Å²) in [5.74, 6) is -0.246. The summed E-state index contributed by atoms with van der Waals surface area (Å²) in [7, 11) is 1.25. The molecule has 320 valence electrons. The van der Waals surface area contributed by atoms with E-state index in [0.717, 1.165) is 25.7 Å². The zero-order chi connectivity index (χ0) is 40.0. The molecule has 9 heteroatoms. The van der Waals surface area contributed by atoms with Crippen molar-refractivity contribution in [3.63, 3.8) is 0 Å². The smallest absolute Gasteiger partial charge is 0.268 e. The predicted molar refractivity (Wildman–Crippen MR) is 228 cm³/mol. The Bertz CT molecular complexity index is 938. The first-order valence-electron chi connectivity index (χ1n) is 22.7. The molecule has 0 bridgehead atoms. The Kier molecular flexibility index (Phi) is 36.8. The second-order valence-electron chi connectivity index (χ2n) is 16.8. The highest BCUT2D eigenvalue weighted by Crippen LogP contribution is 2.38. The highest BCUT2D eigenvalue weighted by atomic mass is 31.2. The quantitative estimate of drug-likeness (QED) is 0.0277. The van der Waals surface area contributed by atoms with Crippen LogP contribution in [0, 0.1) is 0 Å². The van der Waals surface area contributed by atoms with Gasteiger partial charge in [0, 0.05) is 6.42 Å². The van der Waals surface area contributed by atoms with Gasteiger partial charge in [0.25, 0.3) is 7.82 Å². The first-order chi connectivity index (χ1) is 26.0. The number of nitrogens with zero attached hydrogens (tertiary/aromatic N) is 1. The monoisotopic (exact) mass is 785 g/mol. The van der Waals surface area contributed by atoms with Crippen LogP contribution >= 0.6 is 7.82 Å². The van der Waals surface area contributed by atoms with Crippen molar-refractivity contribution < 1.29 is 32.9 Å². The lowest BCUT2D eigenvalue weighted by Crippen LogP contribution is -2.45. The van der Waals surface area contributed by atoms with Crippen LogP contribution in [0.15, 0.2) is 24.3 Å². The summed E-state index contributed by atoms with van der Waals surface area (Å²) < 4.78 is 23.2. The molecule has 0 heterocycles. The molecular weight excluding hydrogens is 695 g/mol. The molecule has 0 aliphatic rings. The molecular formula is C45H89N2O6P. The van der Waals surface area contributed by atoms with Crippen LogP contribution in [0.2, 0.25) is 0 Å². The van der Waals surface area contributed by atoms with Gasteiger partial charge < -0.3 is 28.8 Å². The summed E-state index contributed by atoms with van der Waals surface area (Å²) in [6, 6.07) is -0.903. The summed E-state index contributed by atoms with van der Waals surface area (Å²) >= 11 is 0. The van der Waals surface area contributed by atoms with Gasteiger partial charge in [-0.3, -0.25) is 9.36 Å². The van der Waals surface area contributed by atoms with Gasteiger partial charge in [-0.25, -0.2) is 0 Å². The molecule has 2 N–H and O–H groups in total. The Balaban J connectivity index is 4.40. The summed E-state index contributed by atoms with van der Waals surface area (Å²) in [6.45, 7) is 4.62. The number of phosphoric ester groups is 1. The Morgan fingerprint density at radius 3 is 1.44 bits per heavy atom. The lowest BCUT2D eigenvalue weighted by molar-refractivity contribution is -0.870. The summed E-state index contributed by atoms with van der Waals surface area (Å²) in [4.78, 5) is 25.2. The number of unbranched alkanes of at least 4 members (excludes halogenated alkanes) is 26. The molecule has 0 aliphatic heterocycles. The van der Waals surface area contributed by atoms with E-state index < -0.39 is 26.6 Å². The highest BCUT2D eigenvalue weighted by Gasteiger charge is 2.23. The van der Waals surface area contributed by atoms with Crippen LogP contribution in [0.1, 0.15) is 206 Å². The van der Waals surface area contributed by atoms with Crippen molar-refractivity contribution in [3.05, 3.63) is 24.3 Å². The highest BCUT2D eigenvalue weighted by molar-refractivity contribution is 7.45. The number of aliphatic hydroxyl groups excluding tert-OH is 1. The summed E-state index contributed by atoms with van der Waals surface area (Å²) in [6.07, 6.45) is 43.8. The van der Waals surface area contributed by atoms with Gasteiger partial charge >= 0.3 is 0 Å². The van der Waals surface area contributed by atoms with E-state index >= 15 is 0 Å². The minimum Gasteiger partial charge on any atom is -0.756 e. The van der Waals surface area contributed by atoms with Gasteiger partial charge in [0.15, 0.2) is 0 Å². The first kappa shape index (κ1) is 53.0. The Morgan fingerprint density at radius 2 is 1.02 bits per heavy atom. The standard InChI is InChI=1S/C45H89N2O6P/c1-6-8-10-12-14-16-18-20-21-22-23-24-25-27-29-31-33-35-37-39-45(49)46-43(42-53-54(50,51)52-41-40-47(3,4)5)44(48)38-36-34-32-30-28-26-19-17-15-13-11-9-7-2/h33,35-36,38,43-44,48H,6-32,34,37,39-42H2,1-5H3,(H-,46,49,50,51)/b35-33-,38-36+/t43-,44+/m1/s1. The van der Waals surface area contributed by atoms with Crippen LogP contribution in [0.4, 0.5) is 0 Å². The van der Waals surface area contributed by atoms with E-state index in [4.69, 9.17) is 9.05 Å². The number of amides is 1. The first-order valence-corrected chi connectivity index (χ1v) is 24.2. The molecule has 0 spiro atoms. The van der Waals surface area contributed by atoms with Crippen LogP contribution in [0.25, 0.3) is 0 Å². The van der Waals surface area contributed by atoms with Crippen LogP contribution in [-0.4, -0.2) is 68.5 Å². The van der Waals surface area contributed by atoms with E-state index in [9.17, 15) is 19.4 Å². The third kappa shape index (κ3) is 39.2. The average Bonchev–Trinajstić information content (AvgIpc) is 3.12. The molecule has 0 fully saturated rings. The Morgan fingerprint density at radius 1 is 0.630 bits per heavy atom. The normalized spacial score (nSPS) is 14.6. The molecule has 0 aromatic heterocycles. The molecule has 8 nitrogen and oxygen atoms in total. The fourth-order valence-corrected chi connectivity index (χ4v) is 7.24. The number of aliphatic hydroxyl groups is 1. The minimum atomic E-state index is -4.59. The van der Waals surface area contributed by atoms with E-state index in [1.54, 1.807) is 6.08 Å². The molecule has 1 amide bonds. The molecule has 54 heavy (non-hydrogen) atoms. The van der Waals surface area contributed by atoms with Crippen LogP contribution < -0.4 is 10.2 Å². The number of likely N-dealkylation sites (N-methyl/N-ethyl adjacent to an activating group) is 1. The molecule has 0 saturated heterocycles. The fraction of sp³-hybridized carbons (Fsp3) is 0.889. The van der Waals surface area contributed by atoms with Gasteiger partial charge in [-0.2, -0.15) is 0 Å². The zero-order valence-corrected chi connectivity index (χ0v) is 37.1. The maximum Gasteiger partial charge on any atom is 0.268 e. The average molecular weight is 785 g/mol. The lowest BCUT2D eigenvalue weighted by Gasteiger charge is -2.29. The van der Waals surface area contributed by atoms with Crippen molar-refractivity contribution in [3.8, 4) is 0 Å². The lowest BCUT2D eigenvalue weighted by atomic mass is 10.0. The van der Waals surface area contributed by atoms with Crippen LogP contribution in [0.5, 0.6) is 0 Å². The molecule has 0 aromatic carbocycles. The zero-order valence-electron chi connectivity index (χ0n) is 36.2. The molecule has 0 rings (SSSR count). The fourth-order valence-electron chi connectivity index (χ4n) is 6.52. The van der Waals surface area contributed by atoms with E-state index in [0.29, 0.717) is 17.4 Å². The van der Waals surface area contributed by atoms with Crippen LogP contribution in [0.3, 0.4) is 0 Å². The third-order valence-electron chi connectivity index (χ3n) is 10.2. The number of carbonyl (C=O) groups is 1. The van der Waals surface area contributed by atoms with Gasteiger partial charge in [0.1, 0.15) is 13.2 Å². The number of rotatable bonds is 41. The number of hydrogen-bond donors (Lipinski definition) is 2. The van der Waals surface area contributed by atoms with Gasteiger partial charge in [-0.15, -0.1) is 0 Å². The SMILES string of the molecule is CCCCCCCCCCCCC/C=C/[C@H](O)[C@@H](COP(=O)([O-])OCC[N+](C)(C)C)NC(=O)CC/C=C\CCCCCCCCCCCCCCCCC. The molecule has 1 unspecified atom stereocenters. The Hall–Kier alpha value is -1.02. The van der Waals surface area contributed by atoms with Gasteiger partial charge in [-0.1, -0.05) is 192 Å². The summed E-state index contributed by atoms with van der Waals surface area (Å²) in [5, 5.41) is 13.7. The summed E-state index contributed by atoms with van der Waals surface area (Å²) in [5.41, 5.74) is 0. The van der Waals surface area contributed by atoms with Gasteiger partial charge in [0.05, 0.1) is 39.9 Å². The van der Waals surface area contributed by atoms with Crippen molar-refractivity contribution in [1.82, 2.24) is 5.32 Å². The van der Waals surface area contributed by atoms with E-state index in [2.05, 4.69) is 25.2 Å². The van der Waals surface area contributed by atoms with Crippen molar-refractivity contribution in [2.75, 3.05) is 40.9 Å². The number of nitrogens with one attached hydrogen (secondary N) is 1. The number of hydrogen-bond acceptors (Lipinski definition) is 6. The molecule has 0 radical (unpaired) electrons. The van der Waals surface area contributed by atoms with E-state index in [1.165, 1.54) is 154 Å². The van der Waals surface area contributed by atoms with Crippen molar-refractivity contribution in [2.24, 2.45) is 0 Å². The molecule has 3 atom stereocenters. The number of allylic oxidation sites excluding steroid dienone is 3. The number of quaternary nitrogens is 1. The maximum absolute atomic E-state index is 12.8. The van der Waals surface area contributed by atoms with Crippen molar-refractivity contribution in [2.45, 2.75) is 219 Å². The van der Waals surface area contributed by atoms with Gasteiger partial charge in [0.2, 0.25) is 5.91 Å². The minimum absolute atomic E-state index is 0.00550. The Labute approximate surface area is 334 Å².